The molecule has 1 aromatic rings. The van der Waals surface area contributed by atoms with Crippen molar-refractivity contribution in [1.29, 1.82) is 0 Å². The Balaban J connectivity index is 2.12. The molecule has 0 aliphatic carbocycles. The number of halogens is 1. The van der Waals surface area contributed by atoms with Gasteiger partial charge in [0.05, 0.1) is 0 Å². The average Bonchev–Trinajstić information content (AvgIpc) is 2.37. The molecule has 0 spiro atoms. The third kappa shape index (κ3) is 6.01. The van der Waals surface area contributed by atoms with Crippen LogP contribution in [0.4, 0.5) is 10.1 Å². The maximum atomic E-state index is 13.1. The third-order valence-corrected chi connectivity index (χ3v) is 3.02. The lowest BCUT2D eigenvalue weighted by Crippen LogP contribution is -2.19. The Labute approximate surface area is 110 Å². The zero-order valence-corrected chi connectivity index (χ0v) is 11.6. The van der Waals surface area contributed by atoms with Gasteiger partial charge in [-0.1, -0.05) is 19.4 Å². The van der Waals surface area contributed by atoms with Crippen LogP contribution >= 0.6 is 0 Å². The minimum Gasteiger partial charge on any atom is -0.375 e. The molecular formula is C15H25FN2. The zero-order valence-electron chi connectivity index (χ0n) is 11.6. The first-order valence-corrected chi connectivity index (χ1v) is 6.91. The molecule has 0 aliphatic rings. The van der Waals surface area contributed by atoms with Gasteiger partial charge in [0.2, 0.25) is 0 Å². The van der Waals surface area contributed by atoms with Crippen molar-refractivity contribution in [3.8, 4) is 0 Å². The summed E-state index contributed by atoms with van der Waals surface area (Å²) < 4.78 is 13.1. The lowest BCUT2D eigenvalue weighted by molar-refractivity contribution is 0.597. The van der Waals surface area contributed by atoms with E-state index in [4.69, 9.17) is 0 Å². The number of nitrogens with one attached hydrogen (secondary N) is 1. The molecule has 0 aromatic heterocycles. The Morgan fingerprint density at radius 1 is 1.17 bits per heavy atom. The molecule has 102 valence electrons. The minimum absolute atomic E-state index is 0.164. The summed E-state index contributed by atoms with van der Waals surface area (Å²) in [5.74, 6) is -0.164. The van der Waals surface area contributed by atoms with Gasteiger partial charge in [0.1, 0.15) is 5.82 Å². The Bertz CT molecular complexity index is 328. The van der Waals surface area contributed by atoms with E-state index in [1.807, 2.05) is 13.1 Å². The van der Waals surface area contributed by atoms with E-state index in [0.29, 0.717) is 0 Å². The zero-order chi connectivity index (χ0) is 13.2. The van der Waals surface area contributed by atoms with Crippen molar-refractivity contribution in [2.45, 2.75) is 32.6 Å². The molecule has 0 saturated heterocycles. The van der Waals surface area contributed by atoms with Gasteiger partial charge in [0, 0.05) is 19.3 Å². The number of nitrogens with zero attached hydrogens (tertiary/aromatic N) is 1. The lowest BCUT2D eigenvalue weighted by atomic mass is 10.2. The van der Waals surface area contributed by atoms with E-state index in [2.05, 4.69) is 17.1 Å². The predicted octanol–water partition coefficient (Wildman–Crippen LogP) is 3.43. The van der Waals surface area contributed by atoms with Crippen LogP contribution in [0.25, 0.3) is 0 Å². The molecule has 0 fully saturated rings. The van der Waals surface area contributed by atoms with Gasteiger partial charge in [-0.15, -0.1) is 0 Å². The van der Waals surface area contributed by atoms with Gasteiger partial charge in [-0.25, -0.2) is 4.39 Å². The van der Waals surface area contributed by atoms with Crippen LogP contribution in [-0.2, 0) is 0 Å². The van der Waals surface area contributed by atoms with E-state index in [1.54, 1.807) is 12.1 Å². The molecule has 0 atom stereocenters. The molecule has 1 N–H and O–H groups in total. The highest BCUT2D eigenvalue weighted by Gasteiger charge is 2.01. The van der Waals surface area contributed by atoms with Gasteiger partial charge in [-0.05, 0) is 50.6 Å². The Kier molecular flexibility index (Phi) is 7.42. The Hall–Kier alpha value is -1.09. The van der Waals surface area contributed by atoms with Crippen molar-refractivity contribution in [1.82, 2.24) is 5.32 Å². The van der Waals surface area contributed by atoms with E-state index in [1.165, 1.54) is 25.3 Å². The number of hydrogen-bond acceptors (Lipinski definition) is 2. The van der Waals surface area contributed by atoms with Crippen LogP contribution in [0.5, 0.6) is 0 Å². The smallest absolute Gasteiger partial charge is 0.125 e. The van der Waals surface area contributed by atoms with Gasteiger partial charge < -0.3 is 10.2 Å². The molecule has 0 amide bonds. The second-order valence-electron chi connectivity index (χ2n) is 4.71. The predicted molar refractivity (Wildman–Crippen MR) is 76.7 cm³/mol. The fourth-order valence-electron chi connectivity index (χ4n) is 1.92. The molecule has 0 heterocycles. The number of rotatable bonds is 9. The van der Waals surface area contributed by atoms with Crippen molar-refractivity contribution in [2.24, 2.45) is 0 Å². The SMILES string of the molecule is CCCNCCCCCN(C)c1cccc(F)c1. The topological polar surface area (TPSA) is 15.3 Å². The third-order valence-electron chi connectivity index (χ3n) is 3.02. The van der Waals surface area contributed by atoms with Crippen molar-refractivity contribution in [3.05, 3.63) is 30.1 Å². The fourth-order valence-corrected chi connectivity index (χ4v) is 1.92. The largest absolute Gasteiger partial charge is 0.375 e. The van der Waals surface area contributed by atoms with Gasteiger partial charge in [0.25, 0.3) is 0 Å². The first-order valence-electron chi connectivity index (χ1n) is 6.91. The molecule has 0 radical (unpaired) electrons. The first kappa shape index (κ1) is 15.0. The molecule has 1 aromatic carbocycles. The van der Waals surface area contributed by atoms with E-state index in [-0.39, 0.29) is 5.82 Å². The molecule has 0 saturated carbocycles. The fraction of sp³-hybridized carbons (Fsp3) is 0.600. The number of hydrogen-bond donors (Lipinski definition) is 1. The molecule has 0 unspecified atom stereocenters. The molecule has 1 rings (SSSR count). The Morgan fingerprint density at radius 3 is 2.72 bits per heavy atom. The molecule has 0 aliphatic heterocycles. The van der Waals surface area contributed by atoms with Crippen molar-refractivity contribution >= 4 is 5.69 Å². The maximum Gasteiger partial charge on any atom is 0.125 e. The highest BCUT2D eigenvalue weighted by atomic mass is 19.1. The molecule has 18 heavy (non-hydrogen) atoms. The number of anilines is 1. The van der Waals surface area contributed by atoms with E-state index >= 15 is 0 Å². The quantitative estimate of drug-likeness (QED) is 0.677. The van der Waals surface area contributed by atoms with E-state index in [0.717, 1.165) is 31.7 Å². The highest BCUT2D eigenvalue weighted by molar-refractivity contribution is 5.45. The standard InChI is InChI=1S/C15H25FN2/c1-3-10-17-11-5-4-6-12-18(2)15-9-7-8-14(16)13-15/h7-9,13,17H,3-6,10-12H2,1-2H3. The summed E-state index contributed by atoms with van der Waals surface area (Å²) in [6.45, 7) is 5.39. The first-order chi connectivity index (χ1) is 8.74. The second kappa shape index (κ2) is 8.92. The van der Waals surface area contributed by atoms with Crippen LogP contribution in [0.3, 0.4) is 0 Å². The number of unbranched alkanes of at least 4 members (excludes halogenated alkanes) is 2. The Morgan fingerprint density at radius 2 is 2.00 bits per heavy atom. The van der Waals surface area contributed by atoms with Gasteiger partial charge >= 0.3 is 0 Å². The van der Waals surface area contributed by atoms with Gasteiger partial charge in [-0.3, -0.25) is 0 Å². The monoisotopic (exact) mass is 252 g/mol. The second-order valence-corrected chi connectivity index (χ2v) is 4.71. The summed E-state index contributed by atoms with van der Waals surface area (Å²) in [6, 6.07) is 6.78. The van der Waals surface area contributed by atoms with Gasteiger partial charge in [0.15, 0.2) is 0 Å². The number of benzene rings is 1. The van der Waals surface area contributed by atoms with E-state index in [9.17, 15) is 4.39 Å². The summed E-state index contributed by atoms with van der Waals surface area (Å²) >= 11 is 0. The lowest BCUT2D eigenvalue weighted by Gasteiger charge is -2.19. The molecule has 0 bridgehead atoms. The summed E-state index contributed by atoms with van der Waals surface area (Å²) in [5.41, 5.74) is 0.958. The molecular weight excluding hydrogens is 227 g/mol. The van der Waals surface area contributed by atoms with Crippen LogP contribution in [0, 0.1) is 5.82 Å². The summed E-state index contributed by atoms with van der Waals surface area (Å²) in [7, 11) is 2.02. The maximum absolute atomic E-state index is 13.1. The normalized spacial score (nSPS) is 10.6. The van der Waals surface area contributed by atoms with Crippen LogP contribution in [0.15, 0.2) is 24.3 Å². The van der Waals surface area contributed by atoms with Crippen molar-refractivity contribution in [2.75, 3.05) is 31.6 Å². The van der Waals surface area contributed by atoms with Crippen molar-refractivity contribution < 1.29 is 4.39 Å². The molecule has 2 nitrogen and oxygen atoms in total. The van der Waals surface area contributed by atoms with E-state index < -0.39 is 0 Å². The van der Waals surface area contributed by atoms with Crippen LogP contribution in [0.2, 0.25) is 0 Å². The average molecular weight is 252 g/mol. The summed E-state index contributed by atoms with van der Waals surface area (Å²) in [4.78, 5) is 2.11. The van der Waals surface area contributed by atoms with Crippen molar-refractivity contribution in [3.63, 3.8) is 0 Å². The summed E-state index contributed by atoms with van der Waals surface area (Å²) in [5, 5.41) is 3.40. The van der Waals surface area contributed by atoms with Crippen LogP contribution in [0.1, 0.15) is 32.6 Å². The van der Waals surface area contributed by atoms with Crippen LogP contribution in [-0.4, -0.2) is 26.7 Å². The van der Waals surface area contributed by atoms with Gasteiger partial charge in [-0.2, -0.15) is 0 Å². The molecule has 3 heteroatoms. The van der Waals surface area contributed by atoms with Crippen LogP contribution < -0.4 is 10.2 Å². The highest BCUT2D eigenvalue weighted by Crippen LogP contribution is 2.14. The summed E-state index contributed by atoms with van der Waals surface area (Å²) in [6.07, 6.45) is 4.79. The minimum atomic E-state index is -0.164.